The molecule has 0 unspecified atom stereocenters. The Kier molecular flexibility index (Phi) is 4.94. The maximum atomic E-state index is 5.26. The van der Waals surface area contributed by atoms with Crippen molar-refractivity contribution >= 4 is 27.3 Å². The number of thiophene rings is 1. The summed E-state index contributed by atoms with van der Waals surface area (Å²) in [6.07, 6.45) is 0. The SMILES string of the molecule is CC(C)CONCc1sccc1Br. The van der Waals surface area contributed by atoms with Gasteiger partial charge in [0.05, 0.1) is 13.2 Å². The zero-order chi connectivity index (χ0) is 9.68. The monoisotopic (exact) mass is 263 g/mol. The maximum absolute atomic E-state index is 5.26. The van der Waals surface area contributed by atoms with Gasteiger partial charge in [-0.25, -0.2) is 0 Å². The van der Waals surface area contributed by atoms with Gasteiger partial charge in [-0.1, -0.05) is 13.8 Å². The lowest BCUT2D eigenvalue weighted by Gasteiger charge is -2.06. The second-order valence-electron chi connectivity index (χ2n) is 3.22. The Morgan fingerprint density at radius 3 is 2.92 bits per heavy atom. The molecule has 0 aromatic carbocycles. The predicted molar refractivity (Wildman–Crippen MR) is 59.6 cm³/mol. The first-order valence-electron chi connectivity index (χ1n) is 4.26. The van der Waals surface area contributed by atoms with Gasteiger partial charge < -0.3 is 4.84 Å². The van der Waals surface area contributed by atoms with E-state index in [-0.39, 0.29) is 0 Å². The van der Waals surface area contributed by atoms with E-state index in [1.165, 1.54) is 4.88 Å². The molecular weight excluding hydrogens is 250 g/mol. The largest absolute Gasteiger partial charge is 0.301 e. The van der Waals surface area contributed by atoms with Crippen LogP contribution in [0.2, 0.25) is 0 Å². The van der Waals surface area contributed by atoms with Crippen molar-refractivity contribution in [2.45, 2.75) is 20.4 Å². The second-order valence-corrected chi connectivity index (χ2v) is 5.07. The minimum absolute atomic E-state index is 0.569. The molecule has 1 aromatic heterocycles. The number of hydrogen-bond donors (Lipinski definition) is 1. The molecule has 0 fully saturated rings. The van der Waals surface area contributed by atoms with Crippen molar-refractivity contribution in [1.29, 1.82) is 0 Å². The zero-order valence-electron chi connectivity index (χ0n) is 7.84. The molecule has 1 N–H and O–H groups in total. The third-order valence-corrected chi connectivity index (χ3v) is 3.37. The van der Waals surface area contributed by atoms with Gasteiger partial charge in [0.1, 0.15) is 0 Å². The average molecular weight is 264 g/mol. The Bertz CT molecular complexity index is 250. The molecule has 0 aliphatic heterocycles. The Balaban J connectivity index is 2.17. The lowest BCUT2D eigenvalue weighted by atomic mass is 10.2. The van der Waals surface area contributed by atoms with E-state index < -0.39 is 0 Å². The number of hydroxylamine groups is 1. The first kappa shape index (κ1) is 11.2. The fourth-order valence-corrected chi connectivity index (χ4v) is 2.21. The van der Waals surface area contributed by atoms with E-state index >= 15 is 0 Å². The third-order valence-electron chi connectivity index (χ3n) is 1.44. The molecule has 1 heterocycles. The molecule has 74 valence electrons. The highest BCUT2D eigenvalue weighted by atomic mass is 79.9. The number of rotatable bonds is 5. The summed E-state index contributed by atoms with van der Waals surface area (Å²) < 4.78 is 1.15. The molecule has 0 spiro atoms. The smallest absolute Gasteiger partial charge is 0.0705 e. The normalized spacial score (nSPS) is 11.1. The van der Waals surface area contributed by atoms with Crippen LogP contribution in [0.5, 0.6) is 0 Å². The van der Waals surface area contributed by atoms with E-state index in [1.807, 2.05) is 6.07 Å². The summed E-state index contributed by atoms with van der Waals surface area (Å²) in [5.41, 5.74) is 2.94. The minimum atomic E-state index is 0.569. The van der Waals surface area contributed by atoms with Gasteiger partial charge in [-0.15, -0.1) is 11.3 Å². The summed E-state index contributed by atoms with van der Waals surface area (Å²) in [7, 11) is 0. The molecule has 0 aliphatic rings. The molecule has 0 saturated carbocycles. The van der Waals surface area contributed by atoms with Crippen LogP contribution in [0.3, 0.4) is 0 Å². The van der Waals surface area contributed by atoms with Gasteiger partial charge >= 0.3 is 0 Å². The van der Waals surface area contributed by atoms with Crippen LogP contribution in [0, 0.1) is 5.92 Å². The molecule has 0 bridgehead atoms. The lowest BCUT2D eigenvalue weighted by molar-refractivity contribution is 0.0201. The fraction of sp³-hybridized carbons (Fsp3) is 0.556. The van der Waals surface area contributed by atoms with Crippen LogP contribution in [0.15, 0.2) is 15.9 Å². The van der Waals surface area contributed by atoms with Crippen molar-refractivity contribution in [3.8, 4) is 0 Å². The van der Waals surface area contributed by atoms with E-state index in [0.717, 1.165) is 17.6 Å². The average Bonchev–Trinajstić information content (AvgIpc) is 2.45. The van der Waals surface area contributed by atoms with Gasteiger partial charge in [-0.2, -0.15) is 5.48 Å². The third kappa shape index (κ3) is 4.22. The Hall–Kier alpha value is 0.100. The lowest BCUT2D eigenvalue weighted by Crippen LogP contribution is -2.16. The van der Waals surface area contributed by atoms with Gasteiger partial charge in [0.15, 0.2) is 0 Å². The molecule has 0 atom stereocenters. The van der Waals surface area contributed by atoms with Gasteiger partial charge in [0.25, 0.3) is 0 Å². The van der Waals surface area contributed by atoms with Crippen molar-refractivity contribution in [3.63, 3.8) is 0 Å². The van der Waals surface area contributed by atoms with Crippen molar-refractivity contribution in [3.05, 3.63) is 20.8 Å². The van der Waals surface area contributed by atoms with E-state index in [4.69, 9.17) is 4.84 Å². The number of halogens is 1. The summed E-state index contributed by atoms with van der Waals surface area (Å²) in [5.74, 6) is 0.569. The van der Waals surface area contributed by atoms with Crippen LogP contribution in [-0.2, 0) is 11.4 Å². The van der Waals surface area contributed by atoms with Gasteiger partial charge in [0, 0.05) is 9.35 Å². The second kappa shape index (κ2) is 5.75. The Morgan fingerprint density at radius 1 is 1.62 bits per heavy atom. The molecule has 0 aliphatic carbocycles. The summed E-state index contributed by atoms with van der Waals surface area (Å²) in [6.45, 7) is 5.78. The highest BCUT2D eigenvalue weighted by Crippen LogP contribution is 2.21. The van der Waals surface area contributed by atoms with E-state index in [0.29, 0.717) is 5.92 Å². The van der Waals surface area contributed by atoms with Crippen LogP contribution in [0.25, 0.3) is 0 Å². The summed E-state index contributed by atoms with van der Waals surface area (Å²) in [5, 5.41) is 2.06. The Morgan fingerprint density at radius 2 is 2.38 bits per heavy atom. The molecule has 0 radical (unpaired) electrons. The standard InChI is InChI=1S/C9H14BrNOS/c1-7(2)6-12-11-5-9-8(10)3-4-13-9/h3-4,7,11H,5-6H2,1-2H3. The van der Waals surface area contributed by atoms with Crippen LogP contribution in [0.1, 0.15) is 18.7 Å². The van der Waals surface area contributed by atoms with Gasteiger partial charge in [-0.05, 0) is 33.3 Å². The molecule has 1 aromatic rings. The van der Waals surface area contributed by atoms with Crippen LogP contribution in [0.4, 0.5) is 0 Å². The maximum Gasteiger partial charge on any atom is 0.0705 e. The number of hydrogen-bond acceptors (Lipinski definition) is 3. The topological polar surface area (TPSA) is 21.3 Å². The zero-order valence-corrected chi connectivity index (χ0v) is 10.2. The van der Waals surface area contributed by atoms with Crippen LogP contribution < -0.4 is 5.48 Å². The molecular formula is C9H14BrNOS. The van der Waals surface area contributed by atoms with Crippen LogP contribution >= 0.6 is 27.3 Å². The van der Waals surface area contributed by atoms with E-state index in [2.05, 4.69) is 40.6 Å². The summed E-state index contributed by atoms with van der Waals surface area (Å²) >= 11 is 5.18. The molecule has 13 heavy (non-hydrogen) atoms. The minimum Gasteiger partial charge on any atom is -0.301 e. The first-order valence-corrected chi connectivity index (χ1v) is 5.94. The quantitative estimate of drug-likeness (QED) is 0.651. The number of nitrogens with one attached hydrogen (secondary N) is 1. The summed E-state index contributed by atoms with van der Waals surface area (Å²) in [6, 6.07) is 2.05. The van der Waals surface area contributed by atoms with Crippen LogP contribution in [-0.4, -0.2) is 6.61 Å². The van der Waals surface area contributed by atoms with E-state index in [1.54, 1.807) is 11.3 Å². The van der Waals surface area contributed by atoms with Crippen molar-refractivity contribution in [1.82, 2.24) is 5.48 Å². The fourth-order valence-electron chi connectivity index (χ4n) is 0.793. The summed E-state index contributed by atoms with van der Waals surface area (Å²) in [4.78, 5) is 6.53. The van der Waals surface area contributed by atoms with Crippen molar-refractivity contribution in [2.75, 3.05) is 6.61 Å². The van der Waals surface area contributed by atoms with Gasteiger partial charge in [-0.3, -0.25) is 0 Å². The molecule has 0 amide bonds. The molecule has 1 rings (SSSR count). The predicted octanol–water partition coefficient (Wildman–Crippen LogP) is 3.19. The van der Waals surface area contributed by atoms with E-state index in [9.17, 15) is 0 Å². The highest BCUT2D eigenvalue weighted by molar-refractivity contribution is 9.10. The van der Waals surface area contributed by atoms with Gasteiger partial charge in [0.2, 0.25) is 0 Å². The first-order chi connectivity index (χ1) is 6.20. The molecule has 2 nitrogen and oxygen atoms in total. The molecule has 4 heteroatoms. The van der Waals surface area contributed by atoms with Crippen molar-refractivity contribution in [2.24, 2.45) is 5.92 Å². The van der Waals surface area contributed by atoms with Crippen molar-refractivity contribution < 1.29 is 4.84 Å². The highest BCUT2D eigenvalue weighted by Gasteiger charge is 2.00. The Labute approximate surface area is 91.4 Å². The molecule has 0 saturated heterocycles.